The molecule has 3 aromatic heterocycles. The number of aryl methyl sites for hydroxylation is 1. The van der Waals surface area contributed by atoms with Crippen LogP contribution in [-0.2, 0) is 4.84 Å². The van der Waals surface area contributed by atoms with Crippen LogP contribution in [0.5, 0.6) is 11.6 Å². The lowest BCUT2D eigenvalue weighted by atomic mass is 10.0. The number of hydroxylamine groups is 1. The van der Waals surface area contributed by atoms with Crippen molar-refractivity contribution >= 4 is 40.4 Å². The molecule has 0 aliphatic heterocycles. The number of ether oxygens (including phenoxy) is 1. The van der Waals surface area contributed by atoms with Crippen LogP contribution in [0, 0.1) is 18.3 Å². The SMILES string of the molecule is CONC(=O)c1cc(C#N)cc(C)c1NC(=O)c1cc(Oc2ccsc2)nn1-c1ncccc1Cl. The normalized spacial score (nSPS) is 10.5. The van der Waals surface area contributed by atoms with Crippen LogP contribution >= 0.6 is 22.9 Å². The number of hydrogen-bond acceptors (Lipinski definition) is 8. The molecule has 2 N–H and O–H groups in total. The molecule has 4 rings (SSSR count). The summed E-state index contributed by atoms with van der Waals surface area (Å²) in [7, 11) is 1.28. The zero-order valence-corrected chi connectivity index (χ0v) is 20.0. The Morgan fingerprint density at radius 1 is 1.23 bits per heavy atom. The first-order chi connectivity index (χ1) is 16.9. The molecule has 4 aromatic rings. The van der Waals surface area contributed by atoms with Gasteiger partial charge in [0.1, 0.15) is 11.4 Å². The molecule has 1 aromatic carbocycles. The second kappa shape index (κ2) is 10.4. The van der Waals surface area contributed by atoms with Crippen LogP contribution in [0.2, 0.25) is 5.02 Å². The van der Waals surface area contributed by atoms with Crippen LogP contribution in [-0.4, -0.2) is 33.7 Å². The molecule has 3 heterocycles. The van der Waals surface area contributed by atoms with Gasteiger partial charge in [-0.25, -0.2) is 15.1 Å². The average Bonchev–Trinajstić information content (AvgIpc) is 3.51. The van der Waals surface area contributed by atoms with E-state index in [1.165, 1.54) is 41.5 Å². The standard InChI is InChI=1S/C23H17ClN6O4S/c1-13-8-14(11-25)9-16(22(31)29-33-2)20(13)27-23(32)18-10-19(34-15-5-7-35-12-15)28-30(18)21-17(24)4-3-6-26-21/h3-10,12H,1-2H3,(H,27,32)(H,29,31). The van der Waals surface area contributed by atoms with Gasteiger partial charge in [0.25, 0.3) is 11.8 Å². The molecule has 176 valence electrons. The Balaban J connectivity index is 1.77. The molecular weight excluding hydrogens is 492 g/mol. The molecule has 0 atom stereocenters. The topological polar surface area (TPSA) is 131 Å². The lowest BCUT2D eigenvalue weighted by Crippen LogP contribution is -2.25. The third-order valence-electron chi connectivity index (χ3n) is 4.72. The number of nitrogens with zero attached hydrogens (tertiary/aromatic N) is 4. The molecule has 0 saturated heterocycles. The highest BCUT2D eigenvalue weighted by Crippen LogP contribution is 2.28. The highest BCUT2D eigenvalue weighted by Gasteiger charge is 2.23. The number of halogens is 1. The van der Waals surface area contributed by atoms with E-state index in [4.69, 9.17) is 21.2 Å². The number of anilines is 1. The number of carbonyl (C=O) groups excluding carboxylic acids is 2. The van der Waals surface area contributed by atoms with E-state index in [-0.39, 0.29) is 39.2 Å². The Morgan fingerprint density at radius 2 is 2.06 bits per heavy atom. The van der Waals surface area contributed by atoms with Gasteiger partial charge < -0.3 is 10.1 Å². The van der Waals surface area contributed by atoms with Crippen LogP contribution in [0.25, 0.3) is 5.82 Å². The number of thiophene rings is 1. The summed E-state index contributed by atoms with van der Waals surface area (Å²) in [6.45, 7) is 1.66. The van der Waals surface area contributed by atoms with Crippen molar-refractivity contribution < 1.29 is 19.2 Å². The van der Waals surface area contributed by atoms with Gasteiger partial charge in [-0.1, -0.05) is 11.6 Å². The van der Waals surface area contributed by atoms with Crippen molar-refractivity contribution in [2.45, 2.75) is 6.92 Å². The Kier molecular flexibility index (Phi) is 7.07. The third-order valence-corrected chi connectivity index (χ3v) is 5.68. The van der Waals surface area contributed by atoms with Gasteiger partial charge in [0, 0.05) is 17.6 Å². The number of aromatic nitrogens is 3. The zero-order valence-electron chi connectivity index (χ0n) is 18.4. The number of nitrogens with one attached hydrogen (secondary N) is 2. The van der Waals surface area contributed by atoms with Crippen molar-refractivity contribution in [3.05, 3.63) is 80.8 Å². The van der Waals surface area contributed by atoms with Crippen LogP contribution in [0.15, 0.2) is 53.4 Å². The smallest absolute Gasteiger partial charge is 0.276 e. The fourth-order valence-electron chi connectivity index (χ4n) is 3.22. The first-order valence-corrected chi connectivity index (χ1v) is 11.3. The van der Waals surface area contributed by atoms with Gasteiger partial charge in [0.2, 0.25) is 5.88 Å². The van der Waals surface area contributed by atoms with E-state index >= 15 is 0 Å². The van der Waals surface area contributed by atoms with Crippen LogP contribution in [0.4, 0.5) is 5.69 Å². The van der Waals surface area contributed by atoms with Crippen LogP contribution < -0.4 is 15.5 Å². The van der Waals surface area contributed by atoms with Crippen molar-refractivity contribution in [1.29, 1.82) is 5.26 Å². The Bertz CT molecular complexity index is 1440. The van der Waals surface area contributed by atoms with E-state index in [1.54, 1.807) is 36.6 Å². The summed E-state index contributed by atoms with van der Waals surface area (Å²) in [5.41, 5.74) is 3.25. The number of benzene rings is 1. The number of carbonyl (C=O) groups is 2. The van der Waals surface area contributed by atoms with E-state index in [1.807, 2.05) is 11.4 Å². The largest absolute Gasteiger partial charge is 0.437 e. The maximum atomic E-state index is 13.5. The summed E-state index contributed by atoms with van der Waals surface area (Å²) in [5, 5.41) is 20.3. The molecule has 12 heteroatoms. The number of nitriles is 1. The molecule has 10 nitrogen and oxygen atoms in total. The first-order valence-electron chi connectivity index (χ1n) is 10.0. The zero-order chi connectivity index (χ0) is 24.9. The maximum absolute atomic E-state index is 13.5. The lowest BCUT2D eigenvalue weighted by Gasteiger charge is -2.14. The van der Waals surface area contributed by atoms with Gasteiger partial charge in [-0.2, -0.15) is 5.26 Å². The van der Waals surface area contributed by atoms with Crippen molar-refractivity contribution in [3.63, 3.8) is 0 Å². The van der Waals surface area contributed by atoms with Crippen molar-refractivity contribution in [1.82, 2.24) is 20.2 Å². The second-order valence-electron chi connectivity index (χ2n) is 7.07. The van der Waals surface area contributed by atoms with Crippen molar-refractivity contribution in [3.8, 4) is 23.5 Å². The Morgan fingerprint density at radius 3 is 2.74 bits per heavy atom. The minimum atomic E-state index is -0.634. The average molecular weight is 509 g/mol. The van der Waals surface area contributed by atoms with Gasteiger partial charge in [-0.05, 0) is 48.2 Å². The molecular formula is C23H17ClN6O4S. The van der Waals surface area contributed by atoms with E-state index in [0.717, 1.165) is 0 Å². The molecule has 0 fully saturated rings. The van der Waals surface area contributed by atoms with Crippen molar-refractivity contribution in [2.24, 2.45) is 0 Å². The minimum absolute atomic E-state index is 0.0495. The van der Waals surface area contributed by atoms with Gasteiger partial charge in [-0.3, -0.25) is 14.4 Å². The molecule has 0 saturated carbocycles. The summed E-state index contributed by atoms with van der Waals surface area (Å²) in [4.78, 5) is 35.0. The van der Waals surface area contributed by atoms with Gasteiger partial charge in [0.15, 0.2) is 5.82 Å². The number of amides is 2. The number of hydrogen-bond donors (Lipinski definition) is 2. The molecule has 0 radical (unpaired) electrons. The molecule has 0 bridgehead atoms. The van der Waals surface area contributed by atoms with Crippen molar-refractivity contribution in [2.75, 3.05) is 12.4 Å². The van der Waals surface area contributed by atoms with Crippen LogP contribution in [0.1, 0.15) is 32.0 Å². The lowest BCUT2D eigenvalue weighted by molar-refractivity contribution is 0.0538. The fraction of sp³-hybridized carbons (Fsp3) is 0.0870. The minimum Gasteiger partial charge on any atom is -0.437 e. The summed E-state index contributed by atoms with van der Waals surface area (Å²) in [5.74, 6) is -0.331. The molecule has 0 aliphatic rings. The third kappa shape index (κ3) is 5.15. The van der Waals surface area contributed by atoms with Gasteiger partial charge in [0.05, 0.1) is 35.0 Å². The summed E-state index contributed by atoms with van der Waals surface area (Å²) < 4.78 is 7.02. The van der Waals surface area contributed by atoms with E-state index in [0.29, 0.717) is 11.3 Å². The molecule has 0 aliphatic carbocycles. The Labute approximate surface area is 208 Å². The monoisotopic (exact) mass is 508 g/mol. The highest BCUT2D eigenvalue weighted by atomic mass is 35.5. The molecule has 0 spiro atoms. The number of rotatable bonds is 7. The van der Waals surface area contributed by atoms with E-state index < -0.39 is 11.8 Å². The van der Waals surface area contributed by atoms with E-state index in [9.17, 15) is 14.9 Å². The summed E-state index contributed by atoms with van der Waals surface area (Å²) in [6.07, 6.45) is 1.52. The predicted molar refractivity (Wildman–Crippen MR) is 129 cm³/mol. The number of pyridine rings is 1. The Hall–Kier alpha value is -4.24. The molecule has 0 unspecified atom stereocenters. The van der Waals surface area contributed by atoms with Crippen LogP contribution in [0.3, 0.4) is 0 Å². The summed E-state index contributed by atoms with van der Waals surface area (Å²) >= 11 is 7.76. The molecule has 2 amide bonds. The quantitative estimate of drug-likeness (QED) is 0.351. The maximum Gasteiger partial charge on any atom is 0.276 e. The first kappa shape index (κ1) is 23.9. The predicted octanol–water partition coefficient (Wildman–Crippen LogP) is 4.50. The van der Waals surface area contributed by atoms with Gasteiger partial charge >= 0.3 is 0 Å². The molecule has 35 heavy (non-hydrogen) atoms. The van der Waals surface area contributed by atoms with Gasteiger partial charge in [-0.15, -0.1) is 16.4 Å². The fourth-order valence-corrected chi connectivity index (χ4v) is 3.97. The highest BCUT2D eigenvalue weighted by molar-refractivity contribution is 7.08. The van der Waals surface area contributed by atoms with E-state index in [2.05, 4.69) is 20.9 Å². The summed E-state index contributed by atoms with van der Waals surface area (Å²) in [6, 6.07) is 11.4. The second-order valence-corrected chi connectivity index (χ2v) is 8.25.